The Bertz CT molecular complexity index is 1490. The zero-order valence-corrected chi connectivity index (χ0v) is 18.6. The van der Waals surface area contributed by atoms with Crippen LogP contribution in [0.15, 0.2) is 83.3 Å². The van der Waals surface area contributed by atoms with Crippen LogP contribution in [0.2, 0.25) is 5.02 Å². The van der Waals surface area contributed by atoms with E-state index in [1.165, 1.54) is 10.5 Å². The Balaban J connectivity index is 1.77. The van der Waals surface area contributed by atoms with Gasteiger partial charge >= 0.3 is 0 Å². The van der Waals surface area contributed by atoms with Crippen LogP contribution in [0.25, 0.3) is 11.7 Å². The maximum Gasteiger partial charge on any atom is 0.269 e. The van der Waals surface area contributed by atoms with Gasteiger partial charge in [0, 0.05) is 16.9 Å². The van der Waals surface area contributed by atoms with E-state index in [9.17, 15) is 14.9 Å². The van der Waals surface area contributed by atoms with Crippen molar-refractivity contribution in [1.82, 2.24) is 9.38 Å². The summed E-state index contributed by atoms with van der Waals surface area (Å²) >= 11 is 5.87. The van der Waals surface area contributed by atoms with Crippen LogP contribution in [-0.2, 0) is 4.79 Å². The Labute approximate surface area is 199 Å². The molecule has 0 fully saturated rings. The van der Waals surface area contributed by atoms with E-state index < -0.39 is 11.5 Å². The highest BCUT2D eigenvalue weighted by atomic mass is 35.5. The quantitative estimate of drug-likeness (QED) is 0.322. The maximum atomic E-state index is 13.2. The second-order valence-electron chi connectivity index (χ2n) is 6.97. The molecule has 34 heavy (non-hydrogen) atoms. The van der Waals surface area contributed by atoms with Crippen LogP contribution in [-0.4, -0.2) is 22.4 Å². The average Bonchev–Trinajstić information content (AvgIpc) is 2.86. The van der Waals surface area contributed by atoms with Crippen LogP contribution < -0.4 is 20.3 Å². The number of rotatable bonds is 6. The van der Waals surface area contributed by atoms with Crippen molar-refractivity contribution >= 4 is 34.9 Å². The van der Waals surface area contributed by atoms with Gasteiger partial charge < -0.3 is 14.8 Å². The Morgan fingerprint density at radius 2 is 1.79 bits per heavy atom. The standard InChI is InChI=1S/C25H17ClN4O4/c1-33-19-9-11-20(12-10-19)34-24-21(25(32)30-13-3-2-4-22(30)29-24)14-16(15-27)23(31)28-18-7-5-17(26)6-8-18/h2-14H,1H3,(H,28,31)/b16-14-. The third kappa shape index (κ3) is 4.90. The van der Waals surface area contributed by atoms with Crippen molar-refractivity contribution in [2.75, 3.05) is 12.4 Å². The van der Waals surface area contributed by atoms with Gasteiger partial charge in [-0.2, -0.15) is 10.2 Å². The summed E-state index contributed by atoms with van der Waals surface area (Å²) in [5.41, 5.74) is -0.0660. The smallest absolute Gasteiger partial charge is 0.269 e. The van der Waals surface area contributed by atoms with Gasteiger partial charge in [-0.15, -0.1) is 0 Å². The molecule has 168 valence electrons. The fourth-order valence-electron chi connectivity index (χ4n) is 3.06. The number of benzene rings is 2. The topological polar surface area (TPSA) is 106 Å². The number of carbonyl (C=O) groups excluding carboxylic acids is 1. The number of aromatic nitrogens is 2. The molecule has 4 aromatic rings. The minimum atomic E-state index is -0.697. The number of nitrogens with zero attached hydrogens (tertiary/aromatic N) is 3. The van der Waals surface area contributed by atoms with Crippen LogP contribution in [0.4, 0.5) is 5.69 Å². The molecule has 0 saturated heterocycles. The summed E-state index contributed by atoms with van der Waals surface area (Å²) < 4.78 is 12.3. The van der Waals surface area contributed by atoms with Crippen LogP contribution in [0.5, 0.6) is 17.4 Å². The van der Waals surface area contributed by atoms with Crippen molar-refractivity contribution in [3.63, 3.8) is 0 Å². The second-order valence-corrected chi connectivity index (χ2v) is 7.41. The monoisotopic (exact) mass is 472 g/mol. The van der Waals surface area contributed by atoms with Crippen molar-refractivity contribution < 1.29 is 14.3 Å². The lowest BCUT2D eigenvalue weighted by Gasteiger charge is -2.11. The number of fused-ring (bicyclic) bond motifs is 1. The highest BCUT2D eigenvalue weighted by Crippen LogP contribution is 2.26. The van der Waals surface area contributed by atoms with Crippen LogP contribution in [0.3, 0.4) is 0 Å². The molecule has 0 aliphatic carbocycles. The summed E-state index contributed by atoms with van der Waals surface area (Å²) in [6, 6.07) is 20.0. The Hall–Kier alpha value is -4.61. The molecular weight excluding hydrogens is 456 g/mol. The average molecular weight is 473 g/mol. The molecule has 1 N–H and O–H groups in total. The Kier molecular flexibility index (Phi) is 6.57. The molecule has 2 aromatic heterocycles. The molecule has 0 aliphatic heterocycles. The fraction of sp³-hybridized carbons (Fsp3) is 0.0400. The van der Waals surface area contributed by atoms with Crippen molar-refractivity contribution in [3.05, 3.63) is 99.4 Å². The third-order valence-electron chi connectivity index (χ3n) is 4.76. The van der Waals surface area contributed by atoms with E-state index >= 15 is 0 Å². The lowest BCUT2D eigenvalue weighted by Crippen LogP contribution is -2.20. The number of nitriles is 1. The van der Waals surface area contributed by atoms with Crippen molar-refractivity contribution in [3.8, 4) is 23.4 Å². The normalized spacial score (nSPS) is 11.0. The van der Waals surface area contributed by atoms with Gasteiger partial charge in [0.2, 0.25) is 5.88 Å². The van der Waals surface area contributed by atoms with Crippen LogP contribution >= 0.6 is 11.6 Å². The molecule has 9 heteroatoms. The number of nitrogens with one attached hydrogen (secondary N) is 1. The molecule has 0 bridgehead atoms. The molecule has 0 saturated carbocycles. The fourth-order valence-corrected chi connectivity index (χ4v) is 3.19. The summed E-state index contributed by atoms with van der Waals surface area (Å²) in [7, 11) is 1.54. The maximum absolute atomic E-state index is 13.2. The van der Waals surface area contributed by atoms with E-state index in [2.05, 4.69) is 10.3 Å². The molecule has 2 heterocycles. The number of hydrogen-bond donors (Lipinski definition) is 1. The SMILES string of the molecule is COc1ccc(Oc2nc3ccccn3c(=O)c2/C=C(/C#N)C(=O)Nc2ccc(Cl)cc2)cc1. The third-order valence-corrected chi connectivity index (χ3v) is 5.02. The Morgan fingerprint density at radius 3 is 2.47 bits per heavy atom. The molecule has 0 radical (unpaired) electrons. The molecule has 4 rings (SSSR count). The summed E-state index contributed by atoms with van der Waals surface area (Å²) in [4.78, 5) is 30.4. The minimum Gasteiger partial charge on any atom is -0.497 e. The number of pyridine rings is 1. The number of hydrogen-bond acceptors (Lipinski definition) is 6. The van der Waals surface area contributed by atoms with Crippen molar-refractivity contribution in [2.24, 2.45) is 0 Å². The van der Waals surface area contributed by atoms with Gasteiger partial charge in [-0.1, -0.05) is 17.7 Å². The molecule has 0 spiro atoms. The van der Waals surface area contributed by atoms with Gasteiger partial charge in [0.1, 0.15) is 34.4 Å². The number of halogens is 1. The van der Waals surface area contributed by atoms with Gasteiger partial charge in [-0.05, 0) is 66.7 Å². The second kappa shape index (κ2) is 9.90. The van der Waals surface area contributed by atoms with Crippen molar-refractivity contribution in [1.29, 1.82) is 5.26 Å². The first-order valence-electron chi connectivity index (χ1n) is 10.0. The molecule has 0 aliphatic rings. The van der Waals surface area contributed by atoms with E-state index in [0.29, 0.717) is 27.9 Å². The van der Waals surface area contributed by atoms with Gasteiger partial charge in [-0.25, -0.2) is 0 Å². The first-order chi connectivity index (χ1) is 16.5. The van der Waals surface area contributed by atoms with Crippen molar-refractivity contribution in [2.45, 2.75) is 0 Å². The predicted molar refractivity (Wildman–Crippen MR) is 128 cm³/mol. The van der Waals surface area contributed by atoms with Gasteiger partial charge in [0.15, 0.2) is 0 Å². The molecule has 1 amide bonds. The molecular formula is C25H17ClN4O4. The summed E-state index contributed by atoms with van der Waals surface area (Å²) in [5.74, 6) is 0.280. The predicted octanol–water partition coefficient (Wildman–Crippen LogP) is 4.69. The Morgan fingerprint density at radius 1 is 1.09 bits per heavy atom. The van der Waals surface area contributed by atoms with E-state index in [4.69, 9.17) is 21.1 Å². The van der Waals surface area contributed by atoms with Crippen LogP contribution in [0, 0.1) is 11.3 Å². The summed E-state index contributed by atoms with van der Waals surface area (Å²) in [6.45, 7) is 0. The zero-order valence-electron chi connectivity index (χ0n) is 17.9. The zero-order chi connectivity index (χ0) is 24.1. The number of amides is 1. The minimum absolute atomic E-state index is 0.0478. The van der Waals surface area contributed by atoms with Gasteiger partial charge in [-0.3, -0.25) is 14.0 Å². The highest BCUT2D eigenvalue weighted by Gasteiger charge is 2.17. The lowest BCUT2D eigenvalue weighted by molar-refractivity contribution is -0.112. The first-order valence-corrected chi connectivity index (χ1v) is 10.4. The number of methoxy groups -OCH3 is 1. The van der Waals surface area contributed by atoms with Gasteiger partial charge in [0.25, 0.3) is 11.5 Å². The van der Waals surface area contributed by atoms with E-state index in [-0.39, 0.29) is 17.0 Å². The number of ether oxygens (including phenoxy) is 2. The van der Waals surface area contributed by atoms with E-state index in [1.54, 1.807) is 80.0 Å². The molecule has 0 atom stereocenters. The number of carbonyl (C=O) groups is 1. The first kappa shape index (κ1) is 22.6. The molecule has 0 unspecified atom stereocenters. The largest absolute Gasteiger partial charge is 0.497 e. The number of anilines is 1. The molecule has 2 aromatic carbocycles. The van der Waals surface area contributed by atoms with Crippen LogP contribution in [0.1, 0.15) is 5.56 Å². The van der Waals surface area contributed by atoms with E-state index in [1.807, 2.05) is 6.07 Å². The van der Waals surface area contributed by atoms with E-state index in [0.717, 1.165) is 0 Å². The lowest BCUT2D eigenvalue weighted by atomic mass is 10.1. The summed E-state index contributed by atoms with van der Waals surface area (Å²) in [6.07, 6.45) is 2.71. The highest BCUT2D eigenvalue weighted by molar-refractivity contribution is 6.30. The summed E-state index contributed by atoms with van der Waals surface area (Å²) in [5, 5.41) is 12.7. The molecule has 8 nitrogen and oxygen atoms in total. The van der Waals surface area contributed by atoms with Gasteiger partial charge in [0.05, 0.1) is 7.11 Å².